The standard InChI is InChI=1S/C16H16F3N3O3/c1-24-9-14-20-7-6-13(21-14)22-15(23)8-11-2-4-12(5-3-11)25-10-16(17,18)19/h2-7H,8-10H2,1H3,(H,20,21,22,23). The van der Waals surface area contributed by atoms with Crippen molar-refractivity contribution in [3.05, 3.63) is 47.9 Å². The molecule has 0 saturated heterocycles. The van der Waals surface area contributed by atoms with Gasteiger partial charge in [0.2, 0.25) is 5.91 Å². The Morgan fingerprint density at radius 2 is 1.92 bits per heavy atom. The second-order valence-electron chi connectivity index (χ2n) is 5.06. The summed E-state index contributed by atoms with van der Waals surface area (Å²) >= 11 is 0. The molecule has 1 aromatic heterocycles. The second kappa shape index (κ2) is 8.43. The highest BCUT2D eigenvalue weighted by atomic mass is 19.4. The lowest BCUT2D eigenvalue weighted by Gasteiger charge is -2.09. The maximum Gasteiger partial charge on any atom is 0.422 e. The van der Waals surface area contributed by atoms with Gasteiger partial charge in [-0.05, 0) is 23.8 Å². The summed E-state index contributed by atoms with van der Waals surface area (Å²) < 4.78 is 45.8. The zero-order valence-corrected chi connectivity index (χ0v) is 13.3. The lowest BCUT2D eigenvalue weighted by Crippen LogP contribution is -2.19. The van der Waals surface area contributed by atoms with Gasteiger partial charge in [0, 0.05) is 13.3 Å². The minimum Gasteiger partial charge on any atom is -0.484 e. The number of hydrogen-bond donors (Lipinski definition) is 1. The Labute approximate surface area is 142 Å². The summed E-state index contributed by atoms with van der Waals surface area (Å²) in [6, 6.07) is 7.37. The number of carbonyl (C=O) groups is 1. The highest BCUT2D eigenvalue weighted by Crippen LogP contribution is 2.19. The molecular weight excluding hydrogens is 339 g/mol. The summed E-state index contributed by atoms with van der Waals surface area (Å²) in [4.78, 5) is 20.1. The Kier molecular flexibility index (Phi) is 6.29. The summed E-state index contributed by atoms with van der Waals surface area (Å²) in [6.07, 6.45) is -2.84. The van der Waals surface area contributed by atoms with Crippen molar-refractivity contribution in [2.24, 2.45) is 0 Å². The first kappa shape index (κ1) is 18.7. The van der Waals surface area contributed by atoms with Gasteiger partial charge in [0.05, 0.1) is 6.42 Å². The normalized spacial score (nSPS) is 11.2. The number of halogens is 3. The number of ether oxygens (including phenoxy) is 2. The van der Waals surface area contributed by atoms with Crippen molar-refractivity contribution in [2.45, 2.75) is 19.2 Å². The number of amides is 1. The van der Waals surface area contributed by atoms with Gasteiger partial charge in [0.15, 0.2) is 12.4 Å². The average molecular weight is 355 g/mol. The van der Waals surface area contributed by atoms with Crippen molar-refractivity contribution in [1.82, 2.24) is 9.97 Å². The average Bonchev–Trinajstić information content (AvgIpc) is 2.54. The number of alkyl halides is 3. The van der Waals surface area contributed by atoms with E-state index in [1.54, 1.807) is 6.07 Å². The van der Waals surface area contributed by atoms with Crippen LogP contribution in [0.25, 0.3) is 0 Å². The van der Waals surface area contributed by atoms with Crippen LogP contribution in [0.4, 0.5) is 19.0 Å². The second-order valence-corrected chi connectivity index (χ2v) is 5.06. The van der Waals surface area contributed by atoms with Crippen molar-refractivity contribution in [3.8, 4) is 5.75 Å². The third-order valence-electron chi connectivity index (χ3n) is 2.94. The van der Waals surface area contributed by atoms with Crippen molar-refractivity contribution in [3.63, 3.8) is 0 Å². The Morgan fingerprint density at radius 3 is 2.56 bits per heavy atom. The molecule has 6 nitrogen and oxygen atoms in total. The molecule has 0 atom stereocenters. The van der Waals surface area contributed by atoms with Crippen LogP contribution in [0, 0.1) is 0 Å². The number of carbonyl (C=O) groups excluding carboxylic acids is 1. The topological polar surface area (TPSA) is 73.3 Å². The SMILES string of the molecule is COCc1nccc(NC(=O)Cc2ccc(OCC(F)(F)F)cc2)n1. The number of rotatable bonds is 7. The van der Waals surface area contributed by atoms with Gasteiger partial charge in [-0.15, -0.1) is 0 Å². The number of anilines is 1. The maximum absolute atomic E-state index is 12.1. The molecule has 2 rings (SSSR count). The molecule has 0 radical (unpaired) electrons. The van der Waals surface area contributed by atoms with Crippen LogP contribution in [0.3, 0.4) is 0 Å². The van der Waals surface area contributed by atoms with Gasteiger partial charge >= 0.3 is 6.18 Å². The van der Waals surface area contributed by atoms with E-state index in [9.17, 15) is 18.0 Å². The molecule has 1 N–H and O–H groups in total. The number of aromatic nitrogens is 2. The summed E-state index contributed by atoms with van der Waals surface area (Å²) in [5, 5.41) is 2.62. The number of benzene rings is 1. The molecule has 25 heavy (non-hydrogen) atoms. The van der Waals surface area contributed by atoms with Crippen LogP contribution in [0.2, 0.25) is 0 Å². The fourth-order valence-corrected chi connectivity index (χ4v) is 1.91. The molecule has 0 bridgehead atoms. The molecule has 9 heteroatoms. The van der Waals surface area contributed by atoms with Gasteiger partial charge in [-0.2, -0.15) is 13.2 Å². The molecule has 0 fully saturated rings. The predicted molar refractivity (Wildman–Crippen MR) is 83.1 cm³/mol. The predicted octanol–water partition coefficient (Wildman–Crippen LogP) is 2.75. The molecule has 1 amide bonds. The molecule has 1 aromatic carbocycles. The minimum atomic E-state index is -4.39. The van der Waals surface area contributed by atoms with Crippen molar-refractivity contribution in [2.75, 3.05) is 19.0 Å². The van der Waals surface area contributed by atoms with Gasteiger partial charge in [-0.3, -0.25) is 4.79 Å². The number of nitrogens with one attached hydrogen (secondary N) is 1. The molecule has 0 unspecified atom stereocenters. The highest BCUT2D eigenvalue weighted by molar-refractivity contribution is 5.91. The molecule has 134 valence electrons. The van der Waals surface area contributed by atoms with E-state index in [1.165, 1.54) is 37.6 Å². The van der Waals surface area contributed by atoms with E-state index in [1.807, 2.05) is 0 Å². The van der Waals surface area contributed by atoms with Crippen LogP contribution >= 0.6 is 0 Å². The lowest BCUT2D eigenvalue weighted by molar-refractivity contribution is -0.153. The third kappa shape index (κ3) is 6.76. The Morgan fingerprint density at radius 1 is 1.20 bits per heavy atom. The van der Waals surface area contributed by atoms with E-state index >= 15 is 0 Å². The lowest BCUT2D eigenvalue weighted by atomic mass is 10.1. The number of nitrogens with zero attached hydrogens (tertiary/aromatic N) is 2. The molecule has 0 spiro atoms. The van der Waals surface area contributed by atoms with E-state index in [2.05, 4.69) is 20.0 Å². The maximum atomic E-state index is 12.1. The van der Waals surface area contributed by atoms with E-state index in [0.717, 1.165) is 0 Å². The van der Waals surface area contributed by atoms with Gasteiger partial charge in [-0.1, -0.05) is 12.1 Å². The zero-order chi connectivity index (χ0) is 18.3. The highest BCUT2D eigenvalue weighted by Gasteiger charge is 2.28. The summed E-state index contributed by atoms with van der Waals surface area (Å²) in [5.74, 6) is 0.552. The fraction of sp³-hybridized carbons (Fsp3) is 0.312. The fourth-order valence-electron chi connectivity index (χ4n) is 1.91. The zero-order valence-electron chi connectivity index (χ0n) is 13.3. The minimum absolute atomic E-state index is 0.0448. The summed E-state index contributed by atoms with van der Waals surface area (Å²) in [7, 11) is 1.51. The monoisotopic (exact) mass is 355 g/mol. The molecule has 0 aliphatic heterocycles. The van der Waals surface area contributed by atoms with Gasteiger partial charge in [0.1, 0.15) is 18.2 Å². The molecule has 0 aliphatic rings. The smallest absolute Gasteiger partial charge is 0.422 e. The quantitative estimate of drug-likeness (QED) is 0.827. The summed E-state index contributed by atoms with van der Waals surface area (Å²) in [6.45, 7) is -1.13. The van der Waals surface area contributed by atoms with E-state index in [4.69, 9.17) is 4.74 Å². The Bertz CT molecular complexity index is 706. The molecule has 1 heterocycles. The van der Waals surface area contributed by atoms with E-state index in [0.29, 0.717) is 17.2 Å². The van der Waals surface area contributed by atoms with Crippen LogP contribution in [-0.4, -0.2) is 35.8 Å². The molecule has 0 aliphatic carbocycles. The third-order valence-corrected chi connectivity index (χ3v) is 2.94. The molecule has 2 aromatic rings. The van der Waals surface area contributed by atoms with E-state index in [-0.39, 0.29) is 24.7 Å². The largest absolute Gasteiger partial charge is 0.484 e. The first-order chi connectivity index (χ1) is 11.9. The van der Waals surface area contributed by atoms with Crippen LogP contribution in [0.1, 0.15) is 11.4 Å². The van der Waals surface area contributed by atoms with Crippen molar-refractivity contribution < 1.29 is 27.4 Å². The Balaban J connectivity index is 1.89. The van der Waals surface area contributed by atoms with Crippen LogP contribution in [-0.2, 0) is 22.6 Å². The molecular formula is C16H16F3N3O3. The number of hydrogen-bond acceptors (Lipinski definition) is 5. The first-order valence-corrected chi connectivity index (χ1v) is 7.25. The van der Waals surface area contributed by atoms with Crippen LogP contribution in [0.15, 0.2) is 36.5 Å². The van der Waals surface area contributed by atoms with Crippen LogP contribution < -0.4 is 10.1 Å². The van der Waals surface area contributed by atoms with Crippen molar-refractivity contribution >= 4 is 11.7 Å². The first-order valence-electron chi connectivity index (χ1n) is 7.25. The van der Waals surface area contributed by atoms with Gasteiger partial charge in [0.25, 0.3) is 0 Å². The Hall–Kier alpha value is -2.68. The van der Waals surface area contributed by atoms with Gasteiger partial charge < -0.3 is 14.8 Å². The summed E-state index contributed by atoms with van der Waals surface area (Å²) in [5.41, 5.74) is 0.628. The number of methoxy groups -OCH3 is 1. The molecule has 0 saturated carbocycles. The van der Waals surface area contributed by atoms with E-state index < -0.39 is 12.8 Å². The van der Waals surface area contributed by atoms with Crippen LogP contribution in [0.5, 0.6) is 5.75 Å². The van der Waals surface area contributed by atoms with Crippen molar-refractivity contribution in [1.29, 1.82) is 0 Å². The van der Waals surface area contributed by atoms with Gasteiger partial charge in [-0.25, -0.2) is 9.97 Å².